The van der Waals surface area contributed by atoms with Gasteiger partial charge in [0, 0.05) is 11.3 Å². The van der Waals surface area contributed by atoms with Crippen LogP contribution in [-0.4, -0.2) is 18.3 Å². The lowest BCUT2D eigenvalue weighted by atomic mass is 10.2. The van der Waals surface area contributed by atoms with E-state index in [1.165, 1.54) is 12.1 Å². The number of rotatable bonds is 4. The largest absolute Gasteiger partial charge is 0.573 e. The Hall–Kier alpha value is -3.23. The number of hydrogen-bond acceptors (Lipinski definition) is 4. The van der Waals surface area contributed by atoms with E-state index in [4.69, 9.17) is 5.73 Å². The van der Waals surface area contributed by atoms with Crippen LogP contribution in [0.1, 0.15) is 5.56 Å². The average molecular weight is 339 g/mol. The first-order chi connectivity index (χ1) is 11.3. The minimum absolute atomic E-state index is 0.184. The third-order valence-corrected chi connectivity index (χ3v) is 2.63. The summed E-state index contributed by atoms with van der Waals surface area (Å²) in [6, 6.07) is 13.1. The highest BCUT2D eigenvalue weighted by molar-refractivity contribution is 5.97. The number of anilines is 1. The van der Waals surface area contributed by atoms with Gasteiger partial charge in [-0.2, -0.15) is 0 Å². The van der Waals surface area contributed by atoms with Gasteiger partial charge >= 0.3 is 12.5 Å². The molecule has 0 saturated heterocycles. The second-order valence-corrected chi connectivity index (χ2v) is 4.42. The van der Waals surface area contributed by atoms with E-state index >= 15 is 0 Å². The maximum Gasteiger partial charge on any atom is 0.573 e. The fourth-order valence-electron chi connectivity index (χ4n) is 1.63. The molecule has 2 rings (SSSR count). The number of halogens is 3. The summed E-state index contributed by atoms with van der Waals surface area (Å²) >= 11 is 0. The molecule has 9 heteroatoms. The number of ether oxygens (including phenoxy) is 1. The van der Waals surface area contributed by atoms with Crippen LogP contribution >= 0.6 is 0 Å². The molecule has 6 nitrogen and oxygen atoms in total. The lowest BCUT2D eigenvalue weighted by Gasteiger charge is -2.09. The highest BCUT2D eigenvalue weighted by atomic mass is 19.4. The Morgan fingerprint density at radius 2 is 1.67 bits per heavy atom. The van der Waals surface area contributed by atoms with Gasteiger partial charge in [-0.1, -0.05) is 23.4 Å². The summed E-state index contributed by atoms with van der Waals surface area (Å²) < 4.78 is 39.9. The summed E-state index contributed by atoms with van der Waals surface area (Å²) in [5.41, 5.74) is 6.36. The molecule has 0 atom stereocenters. The molecule has 0 aliphatic heterocycles. The molecule has 0 spiro atoms. The number of hydrogen-bond donors (Lipinski definition) is 2. The molecule has 126 valence electrons. The first kappa shape index (κ1) is 17.1. The normalized spacial score (nSPS) is 11.7. The number of carbonyl (C=O) groups is 1. The minimum atomic E-state index is -4.78. The van der Waals surface area contributed by atoms with Crippen molar-refractivity contribution in [1.29, 1.82) is 0 Å². The number of nitrogens with zero attached hydrogens (tertiary/aromatic N) is 1. The van der Waals surface area contributed by atoms with Gasteiger partial charge in [-0.05, 0) is 36.4 Å². The zero-order valence-electron chi connectivity index (χ0n) is 12.1. The third-order valence-electron chi connectivity index (χ3n) is 2.63. The minimum Gasteiger partial charge on any atom is -0.406 e. The standard InChI is InChI=1S/C15H12F3N3O3/c16-15(17,18)23-12-8-6-10(7-9-12)13(19)21-24-14(22)20-11-4-2-1-3-5-11/h1-9H,(H2,19,21)(H,20,22). The molecule has 0 aromatic heterocycles. The zero-order valence-corrected chi connectivity index (χ0v) is 12.1. The molecule has 1 amide bonds. The molecule has 0 heterocycles. The van der Waals surface area contributed by atoms with Crippen LogP contribution in [-0.2, 0) is 4.84 Å². The molecule has 2 aromatic rings. The second kappa shape index (κ2) is 7.36. The van der Waals surface area contributed by atoms with Gasteiger partial charge in [0.25, 0.3) is 0 Å². The average Bonchev–Trinajstić information content (AvgIpc) is 2.53. The van der Waals surface area contributed by atoms with E-state index in [0.29, 0.717) is 5.69 Å². The molecule has 0 saturated carbocycles. The van der Waals surface area contributed by atoms with Crippen molar-refractivity contribution in [1.82, 2.24) is 0 Å². The van der Waals surface area contributed by atoms with Crippen molar-refractivity contribution < 1.29 is 27.5 Å². The van der Waals surface area contributed by atoms with E-state index in [2.05, 4.69) is 20.0 Å². The molecular weight excluding hydrogens is 327 g/mol. The molecule has 0 unspecified atom stereocenters. The van der Waals surface area contributed by atoms with Crippen molar-refractivity contribution in [2.45, 2.75) is 6.36 Å². The Bertz CT molecular complexity index is 716. The van der Waals surface area contributed by atoms with Crippen molar-refractivity contribution in [3.8, 4) is 5.75 Å². The summed E-state index contributed by atoms with van der Waals surface area (Å²) in [6.45, 7) is 0. The van der Waals surface area contributed by atoms with Gasteiger partial charge in [-0.3, -0.25) is 10.2 Å². The number of oxime groups is 1. The van der Waals surface area contributed by atoms with Gasteiger partial charge in [-0.25, -0.2) is 4.79 Å². The van der Waals surface area contributed by atoms with E-state index in [0.717, 1.165) is 12.1 Å². The quantitative estimate of drug-likeness (QED) is 0.387. The first-order valence-corrected chi connectivity index (χ1v) is 6.56. The third kappa shape index (κ3) is 5.52. The SMILES string of the molecule is NC(=NOC(=O)Nc1ccccc1)c1ccc(OC(F)(F)F)cc1. The predicted molar refractivity (Wildman–Crippen MR) is 80.4 cm³/mol. The topological polar surface area (TPSA) is 85.9 Å². The number of benzene rings is 2. The van der Waals surface area contributed by atoms with Crippen LogP contribution in [0.5, 0.6) is 5.75 Å². The number of carbonyl (C=O) groups excluding carboxylic acids is 1. The van der Waals surface area contributed by atoms with E-state index in [-0.39, 0.29) is 11.4 Å². The summed E-state index contributed by atoms with van der Waals surface area (Å²) in [7, 11) is 0. The van der Waals surface area contributed by atoms with E-state index < -0.39 is 18.2 Å². The Morgan fingerprint density at radius 1 is 1.04 bits per heavy atom. The van der Waals surface area contributed by atoms with Gasteiger partial charge in [0.1, 0.15) is 5.75 Å². The van der Waals surface area contributed by atoms with Crippen molar-refractivity contribution >= 4 is 17.6 Å². The van der Waals surface area contributed by atoms with Crippen LogP contribution in [0.25, 0.3) is 0 Å². The number of amides is 1. The van der Waals surface area contributed by atoms with Crippen LogP contribution in [0.2, 0.25) is 0 Å². The van der Waals surface area contributed by atoms with Crippen LogP contribution < -0.4 is 15.8 Å². The molecule has 2 aromatic carbocycles. The molecule has 0 aliphatic carbocycles. The molecule has 0 fully saturated rings. The number of amidine groups is 1. The smallest absolute Gasteiger partial charge is 0.406 e. The van der Waals surface area contributed by atoms with Crippen LogP contribution in [0.3, 0.4) is 0 Å². The number of alkyl halides is 3. The Morgan fingerprint density at radius 3 is 2.25 bits per heavy atom. The maximum absolute atomic E-state index is 12.1. The highest BCUT2D eigenvalue weighted by Crippen LogP contribution is 2.22. The molecule has 0 bridgehead atoms. The maximum atomic E-state index is 12.1. The van der Waals surface area contributed by atoms with Crippen molar-refractivity contribution in [2.24, 2.45) is 10.9 Å². The monoisotopic (exact) mass is 339 g/mol. The summed E-state index contributed by atoms with van der Waals surface area (Å²) in [5, 5.41) is 5.83. The zero-order chi connectivity index (χ0) is 17.6. The van der Waals surface area contributed by atoms with Gasteiger partial charge < -0.3 is 10.5 Å². The van der Waals surface area contributed by atoms with E-state index in [1.54, 1.807) is 30.3 Å². The van der Waals surface area contributed by atoms with Crippen molar-refractivity contribution in [3.05, 3.63) is 60.2 Å². The number of nitrogens with two attached hydrogens (primary N) is 1. The predicted octanol–water partition coefficient (Wildman–Crippen LogP) is 3.45. The van der Waals surface area contributed by atoms with Crippen molar-refractivity contribution in [3.63, 3.8) is 0 Å². The lowest BCUT2D eigenvalue weighted by Crippen LogP contribution is -2.18. The second-order valence-electron chi connectivity index (χ2n) is 4.42. The van der Waals surface area contributed by atoms with Gasteiger partial charge in [0.2, 0.25) is 0 Å². The molecular formula is C15H12F3N3O3. The van der Waals surface area contributed by atoms with Gasteiger partial charge in [-0.15, -0.1) is 13.2 Å². The summed E-state index contributed by atoms with van der Waals surface area (Å²) in [4.78, 5) is 16.1. The Kier molecular flexibility index (Phi) is 5.25. The van der Waals surface area contributed by atoms with Crippen molar-refractivity contribution in [2.75, 3.05) is 5.32 Å². The van der Waals surface area contributed by atoms with E-state index in [1.807, 2.05) is 0 Å². The van der Waals surface area contributed by atoms with Crippen LogP contribution in [0.15, 0.2) is 59.8 Å². The fourth-order valence-corrected chi connectivity index (χ4v) is 1.63. The van der Waals surface area contributed by atoms with Gasteiger partial charge in [0.05, 0.1) is 0 Å². The number of para-hydroxylation sites is 1. The number of nitrogens with one attached hydrogen (secondary N) is 1. The van der Waals surface area contributed by atoms with Crippen LogP contribution in [0, 0.1) is 0 Å². The first-order valence-electron chi connectivity index (χ1n) is 6.56. The van der Waals surface area contributed by atoms with Gasteiger partial charge in [0.15, 0.2) is 5.84 Å². The van der Waals surface area contributed by atoms with Crippen LogP contribution in [0.4, 0.5) is 23.7 Å². The Balaban J connectivity index is 1.94. The Labute approximate surface area is 134 Å². The molecule has 0 aliphatic rings. The summed E-state index contributed by atoms with van der Waals surface area (Å²) in [6.07, 6.45) is -5.64. The lowest BCUT2D eigenvalue weighted by molar-refractivity contribution is -0.274. The molecule has 0 radical (unpaired) electrons. The fraction of sp³-hybridized carbons (Fsp3) is 0.0667. The van der Waals surface area contributed by atoms with E-state index in [9.17, 15) is 18.0 Å². The molecule has 3 N–H and O–H groups in total. The summed E-state index contributed by atoms with van der Waals surface area (Å²) in [5.74, 6) is -0.585. The highest BCUT2D eigenvalue weighted by Gasteiger charge is 2.30. The molecule has 24 heavy (non-hydrogen) atoms.